The van der Waals surface area contributed by atoms with Gasteiger partial charge in [-0.3, -0.25) is 4.99 Å². The first kappa shape index (κ1) is 25.1. The fourth-order valence-corrected chi connectivity index (χ4v) is 2.82. The number of aromatic carboxylic acids is 1. The SMILES string of the molecule is CCCCCN=C(N)N/N=C/c1c[nH]c2ccc(OC)cc12.O=C(O)c1cc(O)ccc1O. The number of hydrogen-bond donors (Lipinski definition) is 6. The van der Waals surface area contributed by atoms with E-state index >= 15 is 0 Å². The number of ether oxygens (including phenoxy) is 1. The Bertz CT molecular complexity index is 1120. The Balaban J connectivity index is 0.000000294. The van der Waals surface area contributed by atoms with Crippen molar-refractivity contribution in [2.75, 3.05) is 13.7 Å². The van der Waals surface area contributed by atoms with Gasteiger partial charge in [0.05, 0.1) is 13.3 Å². The van der Waals surface area contributed by atoms with Crippen LogP contribution in [0.3, 0.4) is 0 Å². The zero-order valence-corrected chi connectivity index (χ0v) is 18.6. The lowest BCUT2D eigenvalue weighted by Crippen LogP contribution is -2.27. The first-order valence-electron chi connectivity index (χ1n) is 10.3. The van der Waals surface area contributed by atoms with Crippen LogP contribution in [-0.2, 0) is 0 Å². The van der Waals surface area contributed by atoms with Crippen molar-refractivity contribution in [1.29, 1.82) is 0 Å². The van der Waals surface area contributed by atoms with E-state index in [0.29, 0.717) is 5.96 Å². The van der Waals surface area contributed by atoms with Crippen molar-refractivity contribution in [2.24, 2.45) is 15.8 Å². The molecule has 33 heavy (non-hydrogen) atoms. The third-order valence-electron chi connectivity index (χ3n) is 4.56. The number of aromatic nitrogens is 1. The van der Waals surface area contributed by atoms with E-state index in [1.54, 1.807) is 13.3 Å². The fraction of sp³-hybridized carbons (Fsp3) is 0.261. The number of aromatic amines is 1. The van der Waals surface area contributed by atoms with Gasteiger partial charge in [-0.15, -0.1) is 0 Å². The predicted molar refractivity (Wildman–Crippen MR) is 128 cm³/mol. The quantitative estimate of drug-likeness (QED) is 0.0995. The van der Waals surface area contributed by atoms with Crippen LogP contribution < -0.4 is 15.9 Å². The Morgan fingerprint density at radius 3 is 2.67 bits per heavy atom. The van der Waals surface area contributed by atoms with Crippen LogP contribution in [0.25, 0.3) is 10.9 Å². The van der Waals surface area contributed by atoms with Gasteiger partial charge >= 0.3 is 5.97 Å². The number of phenolic OH excluding ortho intramolecular Hbond substituents is 1. The van der Waals surface area contributed by atoms with Crippen LogP contribution in [0.5, 0.6) is 17.2 Å². The van der Waals surface area contributed by atoms with Gasteiger partial charge in [0.25, 0.3) is 0 Å². The van der Waals surface area contributed by atoms with Crippen molar-refractivity contribution in [3.05, 3.63) is 53.7 Å². The second kappa shape index (κ2) is 12.6. The standard InChI is InChI=1S/C16H23N5O.C7H6O4/c1-3-4-5-8-18-16(17)21-20-11-12-10-19-15-7-6-13(22-2)9-14(12)15;8-4-1-2-6(9)5(3-4)7(10)11/h6-7,9-11,19H,3-5,8H2,1-2H3,(H3,17,18,21);1-3,8-9H,(H,10,11)/b20-11+;. The first-order valence-corrected chi connectivity index (χ1v) is 10.3. The predicted octanol–water partition coefficient (Wildman–Crippen LogP) is 3.40. The highest BCUT2D eigenvalue weighted by Gasteiger charge is 2.09. The van der Waals surface area contributed by atoms with Crippen LogP contribution in [-0.4, -0.2) is 52.1 Å². The summed E-state index contributed by atoms with van der Waals surface area (Å²) < 4.78 is 5.24. The summed E-state index contributed by atoms with van der Waals surface area (Å²) in [4.78, 5) is 17.7. The molecule has 2 aromatic carbocycles. The number of nitrogens with zero attached hydrogens (tertiary/aromatic N) is 2. The summed E-state index contributed by atoms with van der Waals surface area (Å²) in [5, 5.41) is 31.3. The zero-order valence-electron chi connectivity index (χ0n) is 18.6. The molecule has 0 unspecified atom stereocenters. The monoisotopic (exact) mass is 455 g/mol. The molecule has 10 heteroatoms. The molecule has 0 spiro atoms. The van der Waals surface area contributed by atoms with E-state index in [1.807, 2.05) is 24.4 Å². The molecule has 0 bridgehead atoms. The van der Waals surface area contributed by atoms with E-state index in [-0.39, 0.29) is 17.1 Å². The number of hydrazone groups is 1. The van der Waals surface area contributed by atoms with Crippen molar-refractivity contribution in [3.63, 3.8) is 0 Å². The number of hydrogen-bond acceptors (Lipinski definition) is 6. The second-order valence-corrected chi connectivity index (χ2v) is 7.01. The van der Waals surface area contributed by atoms with Crippen molar-refractivity contribution in [2.45, 2.75) is 26.2 Å². The maximum absolute atomic E-state index is 10.3. The van der Waals surface area contributed by atoms with Gasteiger partial charge in [-0.05, 0) is 42.8 Å². The smallest absolute Gasteiger partial charge is 0.339 e. The van der Waals surface area contributed by atoms with Gasteiger partial charge in [0.15, 0.2) is 0 Å². The zero-order chi connectivity index (χ0) is 24.2. The van der Waals surface area contributed by atoms with Gasteiger partial charge in [-0.1, -0.05) is 19.8 Å². The number of carboxylic acid groups (broad SMARTS) is 1. The van der Waals surface area contributed by atoms with Gasteiger partial charge in [0, 0.05) is 29.2 Å². The van der Waals surface area contributed by atoms with Crippen LogP contribution in [0.2, 0.25) is 0 Å². The van der Waals surface area contributed by atoms with Crippen molar-refractivity contribution in [3.8, 4) is 17.2 Å². The van der Waals surface area contributed by atoms with E-state index in [2.05, 4.69) is 27.4 Å². The number of H-pyrrole nitrogens is 1. The summed E-state index contributed by atoms with van der Waals surface area (Å²) in [5.41, 5.74) is 10.2. The molecule has 176 valence electrons. The number of benzene rings is 2. The molecule has 0 aliphatic rings. The number of guanidine groups is 1. The molecule has 3 aromatic rings. The highest BCUT2D eigenvalue weighted by molar-refractivity contribution is 5.99. The number of methoxy groups -OCH3 is 1. The molecule has 0 aliphatic heterocycles. The molecule has 0 saturated carbocycles. The van der Waals surface area contributed by atoms with Crippen molar-refractivity contribution >= 4 is 29.0 Å². The first-order chi connectivity index (χ1) is 15.8. The topological polar surface area (TPSA) is 166 Å². The minimum absolute atomic E-state index is 0.180. The Labute approximate surface area is 191 Å². The molecule has 1 heterocycles. The van der Waals surface area contributed by atoms with Crippen molar-refractivity contribution < 1.29 is 24.9 Å². The molecule has 0 aliphatic carbocycles. The fourth-order valence-electron chi connectivity index (χ4n) is 2.82. The average molecular weight is 456 g/mol. The Kier molecular flexibility index (Phi) is 9.56. The van der Waals surface area contributed by atoms with Gasteiger partial charge in [-0.2, -0.15) is 5.10 Å². The highest BCUT2D eigenvalue weighted by atomic mass is 16.5. The lowest BCUT2D eigenvalue weighted by molar-refractivity contribution is 0.0693. The molecule has 3 rings (SSSR count). The number of fused-ring (bicyclic) bond motifs is 1. The summed E-state index contributed by atoms with van der Waals surface area (Å²) in [6.07, 6.45) is 6.99. The minimum atomic E-state index is -1.27. The van der Waals surface area contributed by atoms with E-state index in [1.165, 1.54) is 12.5 Å². The number of carbonyl (C=O) groups is 1. The molecule has 0 amide bonds. The van der Waals surface area contributed by atoms with Gasteiger partial charge in [0.2, 0.25) is 5.96 Å². The molecule has 0 fully saturated rings. The van der Waals surface area contributed by atoms with Gasteiger partial charge in [-0.25, -0.2) is 10.2 Å². The largest absolute Gasteiger partial charge is 0.508 e. The molecule has 7 N–H and O–H groups in total. The van der Waals surface area contributed by atoms with E-state index < -0.39 is 5.97 Å². The Hall–Kier alpha value is -4.21. The molecular weight excluding hydrogens is 426 g/mol. The number of nitrogens with two attached hydrogens (primary N) is 1. The third kappa shape index (κ3) is 7.76. The number of aliphatic imine (C=N–C) groups is 1. The number of carboxylic acids is 1. The summed E-state index contributed by atoms with van der Waals surface area (Å²) in [6, 6.07) is 9.18. The molecule has 0 saturated heterocycles. The molecule has 10 nitrogen and oxygen atoms in total. The molecule has 0 radical (unpaired) electrons. The van der Waals surface area contributed by atoms with E-state index in [4.69, 9.17) is 25.8 Å². The summed E-state index contributed by atoms with van der Waals surface area (Å²) in [7, 11) is 1.65. The third-order valence-corrected chi connectivity index (χ3v) is 4.56. The lowest BCUT2D eigenvalue weighted by atomic mass is 10.2. The van der Waals surface area contributed by atoms with E-state index in [9.17, 15) is 4.79 Å². The van der Waals surface area contributed by atoms with Crippen molar-refractivity contribution in [1.82, 2.24) is 10.4 Å². The molecule has 1 aromatic heterocycles. The minimum Gasteiger partial charge on any atom is -0.508 e. The van der Waals surface area contributed by atoms with Crippen LogP contribution >= 0.6 is 0 Å². The number of phenols is 2. The Morgan fingerprint density at radius 1 is 1.21 bits per heavy atom. The van der Waals surface area contributed by atoms with Crippen LogP contribution in [0.1, 0.15) is 42.1 Å². The van der Waals surface area contributed by atoms with Gasteiger partial charge < -0.3 is 30.8 Å². The maximum Gasteiger partial charge on any atom is 0.339 e. The van der Waals surface area contributed by atoms with Crippen LogP contribution in [0.15, 0.2) is 52.7 Å². The number of rotatable bonds is 8. The van der Waals surface area contributed by atoms with Crippen LogP contribution in [0, 0.1) is 0 Å². The number of aromatic hydroxyl groups is 2. The average Bonchev–Trinajstić information content (AvgIpc) is 3.20. The lowest BCUT2D eigenvalue weighted by Gasteiger charge is -2.00. The second-order valence-electron chi connectivity index (χ2n) is 7.01. The summed E-state index contributed by atoms with van der Waals surface area (Å²) in [5.74, 6) is -0.648. The summed E-state index contributed by atoms with van der Waals surface area (Å²) >= 11 is 0. The molecule has 0 atom stereocenters. The maximum atomic E-state index is 10.3. The number of unbranched alkanes of at least 4 members (excludes halogenated alkanes) is 2. The van der Waals surface area contributed by atoms with Gasteiger partial charge in [0.1, 0.15) is 22.8 Å². The summed E-state index contributed by atoms with van der Waals surface area (Å²) in [6.45, 7) is 2.89. The highest BCUT2D eigenvalue weighted by Crippen LogP contribution is 2.23. The van der Waals surface area contributed by atoms with Crippen LogP contribution in [0.4, 0.5) is 0 Å². The number of nitrogens with one attached hydrogen (secondary N) is 2. The molecular formula is C23H29N5O5. The Morgan fingerprint density at radius 2 is 2.00 bits per heavy atom. The van der Waals surface area contributed by atoms with E-state index in [0.717, 1.165) is 53.7 Å². The normalized spacial score (nSPS) is 11.3.